The Morgan fingerprint density at radius 3 is 2.70 bits per heavy atom. The van der Waals surface area contributed by atoms with Crippen molar-refractivity contribution in [3.8, 4) is 0 Å². The zero-order valence-corrected chi connectivity index (χ0v) is 12.4. The smallest absolute Gasteiger partial charge is 0.254 e. The lowest BCUT2D eigenvalue weighted by Gasteiger charge is -2.20. The van der Waals surface area contributed by atoms with Crippen molar-refractivity contribution >= 4 is 28.3 Å². The quantitative estimate of drug-likeness (QED) is 0.792. The van der Waals surface area contributed by atoms with Crippen LogP contribution in [-0.4, -0.2) is 43.5 Å². The van der Waals surface area contributed by atoms with E-state index in [1.807, 2.05) is 42.5 Å². The van der Waals surface area contributed by atoms with Crippen LogP contribution in [0.4, 0.5) is 0 Å². The first-order valence-corrected chi connectivity index (χ1v) is 6.93. The molecule has 0 saturated heterocycles. The zero-order valence-electron chi connectivity index (χ0n) is 11.7. The third-order valence-corrected chi connectivity index (χ3v) is 3.45. The number of alkyl halides is 1. The molecule has 2 aromatic rings. The summed E-state index contributed by atoms with van der Waals surface area (Å²) < 4.78 is 4.99. The largest absolute Gasteiger partial charge is 0.383 e. The molecule has 2 aromatic carbocycles. The van der Waals surface area contributed by atoms with Gasteiger partial charge in [-0.05, 0) is 16.8 Å². The Balaban J connectivity index is 2.23. The molecule has 1 amide bonds. The number of carbonyl (C=O) groups excluding carboxylic acids is 1. The maximum atomic E-state index is 12.5. The average molecular weight is 292 g/mol. The first-order valence-electron chi connectivity index (χ1n) is 6.49. The summed E-state index contributed by atoms with van der Waals surface area (Å²) in [5.74, 6) is -0.0245. The summed E-state index contributed by atoms with van der Waals surface area (Å²) >= 11 is 6.11. The molecule has 0 fully saturated rings. The molecule has 4 heteroatoms. The maximum Gasteiger partial charge on any atom is 0.254 e. The van der Waals surface area contributed by atoms with E-state index in [4.69, 9.17) is 16.3 Å². The molecule has 0 N–H and O–H groups in total. The highest BCUT2D eigenvalue weighted by atomic mass is 35.5. The van der Waals surface area contributed by atoms with Crippen molar-refractivity contribution < 1.29 is 9.53 Å². The van der Waals surface area contributed by atoms with Crippen molar-refractivity contribution in [2.24, 2.45) is 0 Å². The number of carbonyl (C=O) groups is 1. The summed E-state index contributed by atoms with van der Waals surface area (Å²) in [7, 11) is 3.36. The molecule has 0 bridgehead atoms. The van der Waals surface area contributed by atoms with Gasteiger partial charge in [0.2, 0.25) is 0 Å². The first-order chi connectivity index (χ1) is 9.63. The van der Waals surface area contributed by atoms with Gasteiger partial charge in [0, 0.05) is 26.3 Å². The van der Waals surface area contributed by atoms with Crippen molar-refractivity contribution in [3.63, 3.8) is 0 Å². The molecule has 0 aliphatic heterocycles. The number of hydrogen-bond acceptors (Lipinski definition) is 2. The minimum atomic E-state index is -0.205. The third kappa shape index (κ3) is 3.30. The predicted molar refractivity (Wildman–Crippen MR) is 82.4 cm³/mol. The number of nitrogens with zero attached hydrogens (tertiary/aromatic N) is 1. The lowest BCUT2D eigenvalue weighted by atomic mass is 10.0. The van der Waals surface area contributed by atoms with Crippen LogP contribution >= 0.6 is 11.6 Å². The minimum Gasteiger partial charge on any atom is -0.383 e. The normalized spacial score (nSPS) is 12.3. The van der Waals surface area contributed by atoms with Crippen molar-refractivity contribution in [2.75, 3.05) is 27.3 Å². The Bertz CT molecular complexity index is 595. The van der Waals surface area contributed by atoms with Gasteiger partial charge in [0.1, 0.15) is 0 Å². The number of hydrogen-bond donors (Lipinski definition) is 0. The van der Waals surface area contributed by atoms with Gasteiger partial charge < -0.3 is 9.64 Å². The number of ether oxygens (including phenoxy) is 1. The highest BCUT2D eigenvalue weighted by Gasteiger charge is 2.17. The van der Waals surface area contributed by atoms with E-state index in [0.29, 0.717) is 18.7 Å². The first kappa shape index (κ1) is 14.8. The SMILES string of the molecule is COCC(Cl)CN(C)C(=O)c1cccc2ccccc12. The second-order valence-electron chi connectivity index (χ2n) is 4.77. The lowest BCUT2D eigenvalue weighted by molar-refractivity contribution is 0.0783. The molecule has 0 radical (unpaired) electrons. The molecular formula is C16H18ClNO2. The van der Waals surface area contributed by atoms with Gasteiger partial charge >= 0.3 is 0 Å². The van der Waals surface area contributed by atoms with E-state index in [2.05, 4.69) is 0 Å². The molecule has 106 valence electrons. The van der Waals surface area contributed by atoms with Gasteiger partial charge in [0.05, 0.1) is 12.0 Å². The number of rotatable bonds is 5. The van der Waals surface area contributed by atoms with Crippen LogP contribution in [0.3, 0.4) is 0 Å². The fourth-order valence-corrected chi connectivity index (χ4v) is 2.56. The standard InChI is InChI=1S/C16H18ClNO2/c1-18(10-13(17)11-20-2)16(19)15-9-5-7-12-6-3-4-8-14(12)15/h3-9,13H,10-11H2,1-2H3. The van der Waals surface area contributed by atoms with Gasteiger partial charge in [-0.2, -0.15) is 0 Å². The van der Waals surface area contributed by atoms with Crippen LogP contribution in [0.1, 0.15) is 10.4 Å². The monoisotopic (exact) mass is 291 g/mol. The topological polar surface area (TPSA) is 29.5 Å². The summed E-state index contributed by atoms with van der Waals surface area (Å²) in [6.07, 6.45) is 0. The Labute approximate surface area is 124 Å². The van der Waals surface area contributed by atoms with Crippen molar-refractivity contribution in [1.82, 2.24) is 4.90 Å². The van der Waals surface area contributed by atoms with Crippen LogP contribution in [0.15, 0.2) is 42.5 Å². The highest BCUT2D eigenvalue weighted by Crippen LogP contribution is 2.20. The molecular weight excluding hydrogens is 274 g/mol. The molecule has 1 unspecified atom stereocenters. The summed E-state index contributed by atoms with van der Waals surface area (Å²) in [6.45, 7) is 0.881. The van der Waals surface area contributed by atoms with Crippen LogP contribution in [-0.2, 0) is 4.74 Å². The van der Waals surface area contributed by atoms with Crippen LogP contribution in [0.25, 0.3) is 10.8 Å². The predicted octanol–water partition coefficient (Wildman–Crippen LogP) is 3.17. The van der Waals surface area contributed by atoms with Gasteiger partial charge in [0.25, 0.3) is 5.91 Å². The van der Waals surface area contributed by atoms with Crippen molar-refractivity contribution in [1.29, 1.82) is 0 Å². The highest BCUT2D eigenvalue weighted by molar-refractivity contribution is 6.21. The second-order valence-corrected chi connectivity index (χ2v) is 5.38. The summed E-state index contributed by atoms with van der Waals surface area (Å²) in [4.78, 5) is 14.2. The van der Waals surface area contributed by atoms with Crippen molar-refractivity contribution in [3.05, 3.63) is 48.0 Å². The van der Waals surface area contributed by atoms with Gasteiger partial charge in [-0.15, -0.1) is 11.6 Å². The molecule has 0 spiro atoms. The lowest BCUT2D eigenvalue weighted by Crippen LogP contribution is -2.34. The third-order valence-electron chi connectivity index (χ3n) is 3.19. The number of methoxy groups -OCH3 is 1. The summed E-state index contributed by atoms with van der Waals surface area (Å²) in [5.41, 5.74) is 0.701. The number of halogens is 1. The Hall–Kier alpha value is -1.58. The summed E-state index contributed by atoms with van der Waals surface area (Å²) in [5, 5.41) is 1.82. The van der Waals surface area contributed by atoms with Crippen LogP contribution in [0.5, 0.6) is 0 Å². The van der Waals surface area contributed by atoms with E-state index in [-0.39, 0.29) is 11.3 Å². The van der Waals surface area contributed by atoms with E-state index in [1.165, 1.54) is 0 Å². The minimum absolute atomic E-state index is 0.0245. The van der Waals surface area contributed by atoms with Gasteiger partial charge in [-0.25, -0.2) is 0 Å². The van der Waals surface area contributed by atoms with E-state index in [1.54, 1.807) is 19.1 Å². The van der Waals surface area contributed by atoms with E-state index >= 15 is 0 Å². The molecule has 0 heterocycles. The zero-order chi connectivity index (χ0) is 14.5. The summed E-state index contributed by atoms with van der Waals surface area (Å²) in [6, 6.07) is 13.6. The van der Waals surface area contributed by atoms with Crippen LogP contribution in [0.2, 0.25) is 0 Å². The molecule has 0 saturated carbocycles. The van der Waals surface area contributed by atoms with E-state index in [9.17, 15) is 4.79 Å². The Kier molecular flexibility index (Phi) is 4.99. The number of benzene rings is 2. The molecule has 0 aromatic heterocycles. The average Bonchev–Trinajstić information content (AvgIpc) is 2.46. The van der Waals surface area contributed by atoms with E-state index in [0.717, 1.165) is 10.8 Å². The van der Waals surface area contributed by atoms with E-state index < -0.39 is 0 Å². The number of fused-ring (bicyclic) bond motifs is 1. The Morgan fingerprint density at radius 2 is 1.95 bits per heavy atom. The molecule has 3 nitrogen and oxygen atoms in total. The fraction of sp³-hybridized carbons (Fsp3) is 0.312. The Morgan fingerprint density at radius 1 is 1.25 bits per heavy atom. The second kappa shape index (κ2) is 6.73. The van der Waals surface area contributed by atoms with Gasteiger partial charge in [0.15, 0.2) is 0 Å². The van der Waals surface area contributed by atoms with Crippen LogP contribution < -0.4 is 0 Å². The molecule has 20 heavy (non-hydrogen) atoms. The number of amides is 1. The molecule has 0 aliphatic carbocycles. The fourth-order valence-electron chi connectivity index (χ4n) is 2.23. The molecule has 1 atom stereocenters. The molecule has 0 aliphatic rings. The maximum absolute atomic E-state index is 12.5. The van der Waals surface area contributed by atoms with Crippen LogP contribution in [0, 0.1) is 0 Å². The van der Waals surface area contributed by atoms with Crippen molar-refractivity contribution in [2.45, 2.75) is 5.38 Å². The van der Waals surface area contributed by atoms with Gasteiger partial charge in [-0.3, -0.25) is 4.79 Å². The van der Waals surface area contributed by atoms with Gasteiger partial charge in [-0.1, -0.05) is 36.4 Å². The molecule has 2 rings (SSSR count).